The number of aryl methyl sites for hydroxylation is 1. The minimum atomic E-state index is -0.993. The first-order valence-electron chi connectivity index (χ1n) is 17.4. The van der Waals surface area contributed by atoms with Crippen LogP contribution in [0.1, 0.15) is 55.8 Å². The first kappa shape index (κ1) is 32.3. The van der Waals surface area contributed by atoms with Crippen molar-refractivity contribution < 1.29 is 14.3 Å². The van der Waals surface area contributed by atoms with Gasteiger partial charge in [0.25, 0.3) is 0 Å². The molecule has 2 amide bonds. The summed E-state index contributed by atoms with van der Waals surface area (Å²) < 4.78 is 5.51. The molecule has 2 unspecified atom stereocenters. The highest BCUT2D eigenvalue weighted by Gasteiger charge is 2.60. The zero-order valence-electron chi connectivity index (χ0n) is 28.7. The van der Waals surface area contributed by atoms with E-state index in [1.165, 1.54) is 16.6 Å². The normalized spacial score (nSPS) is 22.0. The summed E-state index contributed by atoms with van der Waals surface area (Å²) in [4.78, 5) is 43.8. The van der Waals surface area contributed by atoms with Crippen LogP contribution in [-0.2, 0) is 20.9 Å². The smallest absolute Gasteiger partial charge is 0.250 e. The van der Waals surface area contributed by atoms with Crippen LogP contribution in [0.3, 0.4) is 0 Å². The number of nitrogens with one attached hydrogen (secondary N) is 2. The maximum atomic E-state index is 14.8. The van der Waals surface area contributed by atoms with Crippen LogP contribution in [0.25, 0.3) is 10.9 Å². The summed E-state index contributed by atoms with van der Waals surface area (Å²) in [6, 6.07) is 20.4. The Morgan fingerprint density at radius 1 is 1.00 bits per heavy atom. The van der Waals surface area contributed by atoms with Gasteiger partial charge in [0.1, 0.15) is 5.54 Å². The second-order valence-electron chi connectivity index (χ2n) is 14.6. The maximum Gasteiger partial charge on any atom is 0.250 e. The van der Waals surface area contributed by atoms with E-state index in [0.717, 1.165) is 61.8 Å². The van der Waals surface area contributed by atoms with Crippen LogP contribution < -0.4 is 10.2 Å². The molecule has 2 saturated heterocycles. The molecule has 4 heterocycles. The molecule has 48 heavy (non-hydrogen) atoms. The fourth-order valence-electron chi connectivity index (χ4n) is 8.28. The summed E-state index contributed by atoms with van der Waals surface area (Å²) >= 11 is 0. The number of pyridine rings is 1. The third kappa shape index (κ3) is 6.10. The van der Waals surface area contributed by atoms with Crippen molar-refractivity contribution in [1.29, 1.82) is 0 Å². The molecule has 4 aromatic rings. The van der Waals surface area contributed by atoms with Gasteiger partial charge in [-0.2, -0.15) is 0 Å². The third-order valence-electron chi connectivity index (χ3n) is 11.3. The maximum absolute atomic E-state index is 14.8. The van der Waals surface area contributed by atoms with E-state index in [4.69, 9.17) is 4.74 Å². The number of benzene rings is 2. The summed E-state index contributed by atoms with van der Waals surface area (Å²) in [5, 5.41) is 4.49. The standard InChI is InChI=1S/C39H48N6O3/c1-27-35(31-9-5-6-10-33(31)41-27)36-32(38(36,2)3)24-34(46)45(26-28-8-7-17-40-25-28)39(15-18-43(4)19-16-39)37(47)42-29-11-13-30(14-12-29)44-20-22-48-23-21-44/h5-14,17,25,32,36,41H,15-16,18-24,26H2,1-4H3,(H,42,47). The predicted octanol–water partition coefficient (Wildman–Crippen LogP) is 5.97. The number of hydrogen-bond acceptors (Lipinski definition) is 6. The lowest BCUT2D eigenvalue weighted by Crippen LogP contribution is -2.62. The molecule has 252 valence electrons. The Morgan fingerprint density at radius 3 is 2.44 bits per heavy atom. The molecule has 1 aliphatic carbocycles. The number of likely N-dealkylation sites (tertiary alicyclic amines) is 1. The van der Waals surface area contributed by atoms with Crippen molar-refractivity contribution in [2.24, 2.45) is 11.3 Å². The molecular weight excluding hydrogens is 600 g/mol. The highest BCUT2D eigenvalue weighted by atomic mass is 16.5. The van der Waals surface area contributed by atoms with Gasteiger partial charge in [-0.3, -0.25) is 14.6 Å². The van der Waals surface area contributed by atoms with Crippen molar-refractivity contribution in [3.8, 4) is 0 Å². The van der Waals surface area contributed by atoms with Crippen LogP contribution in [0, 0.1) is 18.3 Å². The van der Waals surface area contributed by atoms with Gasteiger partial charge in [-0.15, -0.1) is 0 Å². The molecular formula is C39H48N6O3. The van der Waals surface area contributed by atoms with Crippen molar-refractivity contribution in [2.45, 2.75) is 58.0 Å². The molecule has 1 saturated carbocycles. The number of fused-ring (bicyclic) bond motifs is 1. The number of H-pyrrole nitrogens is 1. The molecule has 2 aromatic carbocycles. The average Bonchev–Trinajstić information content (AvgIpc) is 3.45. The van der Waals surface area contributed by atoms with Crippen LogP contribution in [0.15, 0.2) is 73.1 Å². The summed E-state index contributed by atoms with van der Waals surface area (Å²) in [7, 11) is 2.08. The summed E-state index contributed by atoms with van der Waals surface area (Å²) in [6.45, 7) is 11.6. The number of aromatic nitrogens is 2. The number of piperidine rings is 1. The van der Waals surface area contributed by atoms with Gasteiger partial charge < -0.3 is 29.7 Å². The van der Waals surface area contributed by atoms with E-state index in [1.54, 1.807) is 6.20 Å². The van der Waals surface area contributed by atoms with E-state index in [0.29, 0.717) is 25.8 Å². The molecule has 3 fully saturated rings. The molecule has 9 heteroatoms. The van der Waals surface area contributed by atoms with Crippen molar-refractivity contribution >= 4 is 34.1 Å². The summed E-state index contributed by atoms with van der Waals surface area (Å²) in [5.74, 6) is 0.328. The lowest BCUT2D eigenvalue weighted by molar-refractivity contribution is -0.150. The van der Waals surface area contributed by atoms with Crippen molar-refractivity contribution in [2.75, 3.05) is 56.7 Å². The third-order valence-corrected chi connectivity index (χ3v) is 11.3. The molecule has 2 N–H and O–H groups in total. The zero-order valence-corrected chi connectivity index (χ0v) is 28.7. The van der Waals surface area contributed by atoms with Gasteiger partial charge in [0, 0.05) is 79.5 Å². The van der Waals surface area contributed by atoms with Gasteiger partial charge in [-0.05, 0) is 91.6 Å². The van der Waals surface area contributed by atoms with Gasteiger partial charge >= 0.3 is 0 Å². The van der Waals surface area contributed by atoms with Crippen LogP contribution >= 0.6 is 0 Å². The van der Waals surface area contributed by atoms with Crippen molar-refractivity contribution in [3.63, 3.8) is 0 Å². The first-order chi connectivity index (χ1) is 23.2. The monoisotopic (exact) mass is 648 g/mol. The van der Waals surface area contributed by atoms with Crippen LogP contribution in [0.4, 0.5) is 11.4 Å². The predicted molar refractivity (Wildman–Crippen MR) is 190 cm³/mol. The Morgan fingerprint density at radius 2 is 1.73 bits per heavy atom. The van der Waals surface area contributed by atoms with Gasteiger partial charge in [0.05, 0.1) is 13.2 Å². The number of nitrogens with zero attached hydrogens (tertiary/aromatic N) is 4. The lowest BCUT2D eigenvalue weighted by atomic mass is 9.83. The molecule has 3 aliphatic rings. The van der Waals surface area contributed by atoms with E-state index in [-0.39, 0.29) is 29.1 Å². The van der Waals surface area contributed by atoms with Gasteiger partial charge in [-0.25, -0.2) is 0 Å². The van der Waals surface area contributed by atoms with Crippen LogP contribution in [-0.4, -0.2) is 83.6 Å². The molecule has 9 nitrogen and oxygen atoms in total. The molecule has 2 atom stereocenters. The number of anilines is 2. The number of amides is 2. The number of carbonyl (C=O) groups excluding carboxylic acids is 2. The SMILES string of the molecule is Cc1[nH]c2ccccc2c1C1C(CC(=O)N(Cc2cccnc2)C2(C(=O)Nc3ccc(N4CCOCC4)cc3)CCN(C)CC2)C1(C)C. The first-order valence-corrected chi connectivity index (χ1v) is 17.4. The Labute approximate surface area is 283 Å². The van der Waals surface area contributed by atoms with E-state index >= 15 is 0 Å². The Balaban J connectivity index is 1.18. The quantitative estimate of drug-likeness (QED) is 0.232. The fourth-order valence-corrected chi connectivity index (χ4v) is 8.28. The second-order valence-corrected chi connectivity index (χ2v) is 14.6. The molecule has 2 aliphatic heterocycles. The number of aromatic amines is 1. The number of morpholine rings is 1. The number of carbonyl (C=O) groups is 2. The number of hydrogen-bond donors (Lipinski definition) is 2. The summed E-state index contributed by atoms with van der Waals surface area (Å²) in [5.41, 5.74) is 5.36. The topological polar surface area (TPSA) is 93.8 Å². The zero-order chi connectivity index (χ0) is 33.5. The van der Waals surface area contributed by atoms with Gasteiger partial charge in [-0.1, -0.05) is 38.1 Å². The lowest BCUT2D eigenvalue weighted by Gasteiger charge is -2.47. The number of ether oxygens (including phenoxy) is 1. The molecule has 0 bridgehead atoms. The second kappa shape index (κ2) is 13.0. The van der Waals surface area contributed by atoms with Crippen LogP contribution in [0.5, 0.6) is 0 Å². The minimum absolute atomic E-state index is 0.0271. The molecule has 7 rings (SSSR count). The molecule has 2 aromatic heterocycles. The van der Waals surface area contributed by atoms with E-state index in [2.05, 4.69) is 89.3 Å². The Hall–Kier alpha value is -4.21. The Kier molecular flexibility index (Phi) is 8.77. The fraction of sp³-hybridized carbons (Fsp3) is 0.462. The minimum Gasteiger partial charge on any atom is -0.378 e. The Bertz CT molecular complexity index is 1750. The van der Waals surface area contributed by atoms with E-state index < -0.39 is 5.54 Å². The average molecular weight is 649 g/mol. The van der Waals surface area contributed by atoms with Crippen LogP contribution in [0.2, 0.25) is 0 Å². The molecule has 0 radical (unpaired) electrons. The number of rotatable bonds is 9. The summed E-state index contributed by atoms with van der Waals surface area (Å²) in [6.07, 6.45) is 5.06. The number of para-hydroxylation sites is 1. The highest BCUT2D eigenvalue weighted by molar-refractivity contribution is 6.01. The van der Waals surface area contributed by atoms with Crippen molar-refractivity contribution in [1.82, 2.24) is 19.8 Å². The van der Waals surface area contributed by atoms with E-state index in [9.17, 15) is 9.59 Å². The van der Waals surface area contributed by atoms with Crippen molar-refractivity contribution in [3.05, 3.63) is 89.9 Å². The largest absolute Gasteiger partial charge is 0.378 e. The van der Waals surface area contributed by atoms with E-state index in [1.807, 2.05) is 35.4 Å². The van der Waals surface area contributed by atoms with Gasteiger partial charge in [0.2, 0.25) is 11.8 Å². The van der Waals surface area contributed by atoms with Gasteiger partial charge in [0.15, 0.2) is 0 Å². The highest BCUT2D eigenvalue weighted by Crippen LogP contribution is 2.67. The molecule has 0 spiro atoms.